The fraction of sp³-hybridized carbons (Fsp3) is 0.615. The van der Waals surface area contributed by atoms with E-state index >= 15 is 0 Å². The van der Waals surface area contributed by atoms with Gasteiger partial charge in [0.2, 0.25) is 0 Å². The van der Waals surface area contributed by atoms with Crippen LogP contribution in [-0.4, -0.2) is 24.7 Å². The smallest absolute Gasteiger partial charge is 0.114 e. The van der Waals surface area contributed by atoms with Gasteiger partial charge in [-0.1, -0.05) is 19.9 Å². The first kappa shape index (κ1) is 13.1. The van der Waals surface area contributed by atoms with Gasteiger partial charge < -0.3 is 10.1 Å². The van der Waals surface area contributed by atoms with Crippen molar-refractivity contribution >= 4 is 0 Å². The van der Waals surface area contributed by atoms with Gasteiger partial charge in [-0.25, -0.2) is 0 Å². The maximum Gasteiger partial charge on any atom is 0.114 e. The lowest BCUT2D eigenvalue weighted by Crippen LogP contribution is -2.36. The van der Waals surface area contributed by atoms with Crippen molar-refractivity contribution in [3.63, 3.8) is 0 Å². The van der Waals surface area contributed by atoms with Crippen molar-refractivity contribution in [2.24, 2.45) is 0 Å². The van der Waals surface area contributed by atoms with E-state index in [2.05, 4.69) is 24.1 Å². The molecule has 0 aliphatic carbocycles. The molecule has 1 aromatic heterocycles. The first-order chi connectivity index (χ1) is 7.83. The molecule has 1 aromatic rings. The van der Waals surface area contributed by atoms with Crippen molar-refractivity contribution in [3.8, 4) is 0 Å². The molecule has 0 radical (unpaired) electrons. The third-order valence-corrected chi connectivity index (χ3v) is 2.70. The number of hydrogen-bond donors (Lipinski definition) is 1. The summed E-state index contributed by atoms with van der Waals surface area (Å²) in [4.78, 5) is 4.36. The zero-order valence-corrected chi connectivity index (χ0v) is 10.4. The molecule has 1 N–H and O–H groups in total. The molecule has 0 bridgehead atoms. The highest BCUT2D eigenvalue weighted by Crippen LogP contribution is 2.20. The molecule has 0 fully saturated rings. The quantitative estimate of drug-likeness (QED) is 0.770. The van der Waals surface area contributed by atoms with E-state index in [-0.39, 0.29) is 6.10 Å². The average molecular weight is 222 g/mol. The van der Waals surface area contributed by atoms with Crippen molar-refractivity contribution in [1.82, 2.24) is 10.3 Å². The standard InChI is InChI=1S/C13H22N2O/c1-4-9-14-11(5-2)13(16-3)12-8-6-7-10-15-12/h6-8,10-11,13-14H,4-5,9H2,1-3H3. The van der Waals surface area contributed by atoms with E-state index in [1.54, 1.807) is 7.11 Å². The Balaban J connectivity index is 2.71. The van der Waals surface area contributed by atoms with Crippen LogP contribution in [0.3, 0.4) is 0 Å². The molecule has 90 valence electrons. The number of rotatable bonds is 7. The fourth-order valence-corrected chi connectivity index (χ4v) is 1.83. The van der Waals surface area contributed by atoms with Crippen molar-refractivity contribution in [2.75, 3.05) is 13.7 Å². The van der Waals surface area contributed by atoms with Crippen LogP contribution in [0.1, 0.15) is 38.5 Å². The highest BCUT2D eigenvalue weighted by atomic mass is 16.5. The summed E-state index contributed by atoms with van der Waals surface area (Å²) >= 11 is 0. The van der Waals surface area contributed by atoms with Gasteiger partial charge in [-0.15, -0.1) is 0 Å². The van der Waals surface area contributed by atoms with Gasteiger partial charge in [-0.2, -0.15) is 0 Å². The van der Waals surface area contributed by atoms with Crippen molar-refractivity contribution in [2.45, 2.75) is 38.8 Å². The number of aromatic nitrogens is 1. The molecule has 0 aromatic carbocycles. The summed E-state index contributed by atoms with van der Waals surface area (Å²) in [6.45, 7) is 5.36. The van der Waals surface area contributed by atoms with E-state index in [1.165, 1.54) is 0 Å². The lowest BCUT2D eigenvalue weighted by Gasteiger charge is -2.25. The molecule has 0 amide bonds. The van der Waals surface area contributed by atoms with Crippen LogP contribution in [0.5, 0.6) is 0 Å². The predicted octanol–water partition coefficient (Wildman–Crippen LogP) is 2.55. The molecule has 0 saturated carbocycles. The minimum Gasteiger partial charge on any atom is -0.374 e. The number of hydrogen-bond acceptors (Lipinski definition) is 3. The molecule has 3 heteroatoms. The lowest BCUT2D eigenvalue weighted by atomic mass is 10.0. The Morgan fingerprint density at radius 2 is 2.19 bits per heavy atom. The zero-order valence-electron chi connectivity index (χ0n) is 10.4. The Morgan fingerprint density at radius 3 is 2.69 bits per heavy atom. The Bertz CT molecular complexity index is 277. The minimum absolute atomic E-state index is 0.0396. The Kier molecular flexibility index (Phi) is 6.04. The second-order valence-electron chi connectivity index (χ2n) is 3.88. The first-order valence-corrected chi connectivity index (χ1v) is 6.00. The van der Waals surface area contributed by atoms with Gasteiger partial charge in [0.15, 0.2) is 0 Å². The predicted molar refractivity (Wildman–Crippen MR) is 66.4 cm³/mol. The third kappa shape index (κ3) is 3.58. The van der Waals surface area contributed by atoms with Crippen molar-refractivity contribution < 1.29 is 4.74 Å². The van der Waals surface area contributed by atoms with Crippen molar-refractivity contribution in [1.29, 1.82) is 0 Å². The topological polar surface area (TPSA) is 34.1 Å². The average Bonchev–Trinajstić information content (AvgIpc) is 2.35. The van der Waals surface area contributed by atoms with E-state index in [4.69, 9.17) is 4.74 Å². The Morgan fingerprint density at radius 1 is 1.38 bits per heavy atom. The maximum absolute atomic E-state index is 5.56. The van der Waals surface area contributed by atoms with Crippen LogP contribution in [0.25, 0.3) is 0 Å². The van der Waals surface area contributed by atoms with Crippen LogP contribution in [0.4, 0.5) is 0 Å². The number of ether oxygens (including phenoxy) is 1. The van der Waals surface area contributed by atoms with Gasteiger partial charge in [0.05, 0.1) is 5.69 Å². The van der Waals surface area contributed by atoms with E-state index in [0.717, 1.165) is 25.1 Å². The molecule has 0 aliphatic rings. The fourth-order valence-electron chi connectivity index (χ4n) is 1.83. The summed E-state index contributed by atoms with van der Waals surface area (Å²) in [5, 5.41) is 3.50. The summed E-state index contributed by atoms with van der Waals surface area (Å²) in [5.74, 6) is 0. The van der Waals surface area contributed by atoms with Crippen LogP contribution < -0.4 is 5.32 Å². The Hall–Kier alpha value is -0.930. The normalized spacial score (nSPS) is 14.7. The minimum atomic E-state index is 0.0396. The van der Waals surface area contributed by atoms with E-state index in [1.807, 2.05) is 24.4 Å². The molecule has 0 spiro atoms. The van der Waals surface area contributed by atoms with Gasteiger partial charge in [0.1, 0.15) is 6.10 Å². The SMILES string of the molecule is CCCNC(CC)C(OC)c1ccccn1. The van der Waals surface area contributed by atoms with Crippen LogP contribution in [0, 0.1) is 0 Å². The Labute approximate surface area is 98.2 Å². The van der Waals surface area contributed by atoms with Gasteiger partial charge in [-0.3, -0.25) is 4.98 Å². The summed E-state index contributed by atoms with van der Waals surface area (Å²) in [7, 11) is 1.75. The number of nitrogens with one attached hydrogen (secondary N) is 1. The summed E-state index contributed by atoms with van der Waals surface area (Å²) in [5.41, 5.74) is 1.00. The maximum atomic E-state index is 5.56. The summed E-state index contributed by atoms with van der Waals surface area (Å²) < 4.78 is 5.56. The molecular weight excluding hydrogens is 200 g/mol. The summed E-state index contributed by atoms with van der Waals surface area (Å²) in [6, 6.07) is 6.28. The van der Waals surface area contributed by atoms with Gasteiger partial charge >= 0.3 is 0 Å². The molecule has 0 saturated heterocycles. The van der Waals surface area contributed by atoms with Crippen LogP contribution in [0.15, 0.2) is 24.4 Å². The first-order valence-electron chi connectivity index (χ1n) is 6.00. The molecule has 3 nitrogen and oxygen atoms in total. The lowest BCUT2D eigenvalue weighted by molar-refractivity contribution is 0.0632. The third-order valence-electron chi connectivity index (χ3n) is 2.70. The van der Waals surface area contributed by atoms with E-state index in [9.17, 15) is 0 Å². The largest absolute Gasteiger partial charge is 0.374 e. The monoisotopic (exact) mass is 222 g/mol. The van der Waals surface area contributed by atoms with Gasteiger partial charge in [0, 0.05) is 19.3 Å². The molecule has 2 atom stereocenters. The van der Waals surface area contributed by atoms with Crippen molar-refractivity contribution in [3.05, 3.63) is 30.1 Å². The molecule has 2 unspecified atom stereocenters. The molecule has 1 rings (SSSR count). The second-order valence-corrected chi connectivity index (χ2v) is 3.88. The van der Waals surface area contributed by atoms with Crippen LogP contribution >= 0.6 is 0 Å². The molecule has 1 heterocycles. The van der Waals surface area contributed by atoms with E-state index in [0.29, 0.717) is 6.04 Å². The van der Waals surface area contributed by atoms with E-state index < -0.39 is 0 Å². The highest BCUT2D eigenvalue weighted by Gasteiger charge is 2.21. The van der Waals surface area contributed by atoms with Gasteiger partial charge in [-0.05, 0) is 31.5 Å². The summed E-state index contributed by atoms with van der Waals surface area (Å²) in [6.07, 6.45) is 4.02. The van der Waals surface area contributed by atoms with Gasteiger partial charge in [0.25, 0.3) is 0 Å². The number of methoxy groups -OCH3 is 1. The second kappa shape index (κ2) is 7.36. The highest BCUT2D eigenvalue weighted by molar-refractivity contribution is 5.09. The molecular formula is C13H22N2O. The van der Waals surface area contributed by atoms with Crippen LogP contribution in [0.2, 0.25) is 0 Å². The number of nitrogens with zero attached hydrogens (tertiary/aromatic N) is 1. The zero-order chi connectivity index (χ0) is 11.8. The molecule has 0 aliphatic heterocycles. The number of pyridine rings is 1. The van der Waals surface area contributed by atoms with Crippen LogP contribution in [-0.2, 0) is 4.74 Å². The molecule has 16 heavy (non-hydrogen) atoms.